The Morgan fingerprint density at radius 1 is 1.71 bits per heavy atom. The molecule has 1 saturated heterocycles. The first-order chi connectivity index (χ1) is 9.95. The third-order valence-electron chi connectivity index (χ3n) is 3.38. The number of hydrogen-bond acceptors (Lipinski definition) is 6. The number of amides is 1. The predicted molar refractivity (Wildman–Crippen MR) is 67.9 cm³/mol. The van der Waals surface area contributed by atoms with Gasteiger partial charge in [-0.05, 0) is 5.53 Å². The number of halogens is 1. The summed E-state index contributed by atoms with van der Waals surface area (Å²) in [7, 11) is 0. The Morgan fingerprint density at radius 3 is 3.00 bits per heavy atom. The van der Waals surface area contributed by atoms with Gasteiger partial charge in [-0.25, -0.2) is 4.39 Å². The Labute approximate surface area is 118 Å². The Morgan fingerprint density at radius 2 is 2.43 bits per heavy atom. The molecule has 3 N–H and O–H groups in total. The van der Waals surface area contributed by atoms with Crippen LogP contribution in [0.25, 0.3) is 10.4 Å². The smallest absolute Gasteiger partial charge is 0.250 e. The van der Waals surface area contributed by atoms with E-state index >= 15 is 0 Å². The summed E-state index contributed by atoms with van der Waals surface area (Å²) in [6.07, 6.45) is -2.51. The van der Waals surface area contributed by atoms with Gasteiger partial charge in [0.15, 0.2) is 12.4 Å². The normalized spacial score (nSPS) is 35.6. The van der Waals surface area contributed by atoms with E-state index in [0.29, 0.717) is 0 Å². The summed E-state index contributed by atoms with van der Waals surface area (Å²) >= 11 is 0. The van der Waals surface area contributed by atoms with Crippen molar-refractivity contribution >= 4 is 5.91 Å². The Bertz CT molecular complexity index is 535. The van der Waals surface area contributed by atoms with Gasteiger partial charge in [0.05, 0.1) is 13.2 Å². The number of aliphatic hydroxyl groups excluding tert-OH is 2. The van der Waals surface area contributed by atoms with E-state index in [1.807, 2.05) is 0 Å². The Kier molecular flexibility index (Phi) is 4.14. The van der Waals surface area contributed by atoms with Crippen LogP contribution < -0.4 is 5.32 Å². The van der Waals surface area contributed by atoms with Gasteiger partial charge in [-0.3, -0.25) is 4.79 Å². The van der Waals surface area contributed by atoms with E-state index in [-0.39, 0.29) is 5.82 Å². The van der Waals surface area contributed by atoms with Crippen molar-refractivity contribution in [1.82, 2.24) is 10.2 Å². The maximum atomic E-state index is 14.3. The van der Waals surface area contributed by atoms with Crippen molar-refractivity contribution in [2.24, 2.45) is 5.11 Å². The summed E-state index contributed by atoms with van der Waals surface area (Å²) in [4.78, 5) is 14.8. The molecule has 0 radical (unpaired) electrons. The molecule has 1 fully saturated rings. The minimum Gasteiger partial charge on any atom is -0.393 e. The molecule has 9 nitrogen and oxygen atoms in total. The van der Waals surface area contributed by atoms with Crippen molar-refractivity contribution in [2.75, 3.05) is 13.2 Å². The highest BCUT2D eigenvalue weighted by Crippen LogP contribution is 2.36. The lowest BCUT2D eigenvalue weighted by molar-refractivity contribution is -0.132. The monoisotopic (exact) mass is 299 g/mol. The van der Waals surface area contributed by atoms with Crippen molar-refractivity contribution in [3.63, 3.8) is 0 Å². The highest BCUT2D eigenvalue weighted by molar-refractivity contribution is 5.89. The van der Waals surface area contributed by atoms with Crippen LogP contribution in [0.1, 0.15) is 0 Å². The Balaban J connectivity index is 2.27. The van der Waals surface area contributed by atoms with Gasteiger partial charge in [0, 0.05) is 17.2 Å². The predicted octanol–water partition coefficient (Wildman–Crippen LogP) is -0.500. The lowest BCUT2D eigenvalue weighted by Gasteiger charge is -2.33. The third-order valence-corrected chi connectivity index (χ3v) is 3.38. The van der Waals surface area contributed by atoms with Gasteiger partial charge in [-0.2, -0.15) is 0 Å². The van der Waals surface area contributed by atoms with Crippen LogP contribution >= 0.6 is 0 Å². The molecule has 0 aromatic rings. The molecule has 1 amide bonds. The molecule has 0 aliphatic carbocycles. The lowest BCUT2D eigenvalue weighted by atomic mass is 9.97. The first kappa shape index (κ1) is 15.3. The van der Waals surface area contributed by atoms with Crippen LogP contribution in [0.15, 0.2) is 29.8 Å². The fourth-order valence-electron chi connectivity index (χ4n) is 2.22. The number of alkyl halides is 1. The van der Waals surface area contributed by atoms with Crippen LogP contribution in [0, 0.1) is 0 Å². The van der Waals surface area contributed by atoms with Crippen molar-refractivity contribution in [1.29, 1.82) is 0 Å². The molecule has 2 heterocycles. The van der Waals surface area contributed by atoms with Crippen molar-refractivity contribution in [3.05, 3.63) is 35.1 Å². The molecule has 4 atom stereocenters. The van der Waals surface area contributed by atoms with E-state index in [0.717, 1.165) is 6.08 Å². The van der Waals surface area contributed by atoms with Crippen molar-refractivity contribution in [3.8, 4) is 0 Å². The number of ether oxygens (including phenoxy) is 1. The number of hydrogen-bond donors (Lipinski definition) is 3. The summed E-state index contributed by atoms with van der Waals surface area (Å²) in [6, 6.07) is 0. The topological polar surface area (TPSA) is 131 Å². The van der Waals surface area contributed by atoms with Crippen LogP contribution in [0.2, 0.25) is 0 Å². The first-order valence-electron chi connectivity index (χ1n) is 6.03. The van der Waals surface area contributed by atoms with E-state index in [1.165, 1.54) is 11.1 Å². The number of carbonyl (C=O) groups excluding carboxylic acids is 1. The zero-order chi connectivity index (χ0) is 15.6. The Hall–Kier alpha value is -2.13. The number of nitrogens with zero attached hydrogens (tertiary/aromatic N) is 4. The average molecular weight is 299 g/mol. The highest BCUT2D eigenvalue weighted by atomic mass is 19.1. The van der Waals surface area contributed by atoms with Crippen LogP contribution in [-0.4, -0.2) is 58.3 Å². The summed E-state index contributed by atoms with van der Waals surface area (Å²) < 4.78 is 19.7. The largest absolute Gasteiger partial charge is 0.393 e. The van der Waals surface area contributed by atoms with Crippen LogP contribution in [-0.2, 0) is 9.53 Å². The van der Waals surface area contributed by atoms with Gasteiger partial charge < -0.3 is 25.2 Å². The van der Waals surface area contributed by atoms with Gasteiger partial charge in [0.2, 0.25) is 0 Å². The summed E-state index contributed by atoms with van der Waals surface area (Å²) in [5, 5.41) is 25.0. The van der Waals surface area contributed by atoms with Gasteiger partial charge in [-0.15, -0.1) is 0 Å². The molecule has 0 saturated carbocycles. The van der Waals surface area contributed by atoms with Crippen molar-refractivity contribution in [2.45, 2.75) is 24.1 Å². The molecule has 0 aromatic carbocycles. The van der Waals surface area contributed by atoms with Gasteiger partial charge in [0.1, 0.15) is 17.5 Å². The molecule has 0 bridgehead atoms. The first-order valence-corrected chi connectivity index (χ1v) is 6.03. The lowest BCUT2D eigenvalue weighted by Crippen LogP contribution is -2.48. The fourth-order valence-corrected chi connectivity index (χ4v) is 2.22. The van der Waals surface area contributed by atoms with Gasteiger partial charge in [-0.1, -0.05) is 11.7 Å². The highest BCUT2D eigenvalue weighted by Gasteiger charge is 2.56. The number of aliphatic hydroxyl groups is 2. The maximum absolute atomic E-state index is 14.3. The number of carbonyl (C=O) groups is 1. The minimum atomic E-state index is -1.90. The molecule has 21 heavy (non-hydrogen) atoms. The zero-order valence-corrected chi connectivity index (χ0v) is 10.9. The van der Waals surface area contributed by atoms with E-state index in [1.54, 1.807) is 0 Å². The summed E-state index contributed by atoms with van der Waals surface area (Å²) in [5.74, 6) is -0.354. The summed E-state index contributed by atoms with van der Waals surface area (Å²) in [5.41, 5.74) is 6.59. The second-order valence-corrected chi connectivity index (χ2v) is 4.67. The molecule has 2 aliphatic rings. The van der Waals surface area contributed by atoms with E-state index in [9.17, 15) is 19.4 Å². The molecule has 0 aromatic heterocycles. The molecular weight excluding hydrogens is 285 g/mol. The van der Waals surface area contributed by atoms with Crippen LogP contribution in [0.5, 0.6) is 0 Å². The molecule has 10 heteroatoms. The number of rotatable bonds is 4. The minimum absolute atomic E-state index is 0.0693. The number of nitrogens with one attached hydrogen (secondary N) is 1. The van der Waals surface area contributed by atoms with Crippen molar-refractivity contribution < 1.29 is 24.1 Å². The second kappa shape index (κ2) is 5.70. The second-order valence-electron chi connectivity index (χ2n) is 4.67. The van der Waals surface area contributed by atoms with Crippen LogP contribution in [0.4, 0.5) is 4.39 Å². The van der Waals surface area contributed by atoms with Crippen LogP contribution in [0.3, 0.4) is 0 Å². The van der Waals surface area contributed by atoms with E-state index in [2.05, 4.69) is 21.9 Å². The van der Waals surface area contributed by atoms with Gasteiger partial charge in [0.25, 0.3) is 5.91 Å². The maximum Gasteiger partial charge on any atom is 0.250 e. The van der Waals surface area contributed by atoms with Gasteiger partial charge >= 0.3 is 0 Å². The van der Waals surface area contributed by atoms with E-state index in [4.69, 9.17) is 10.3 Å². The number of azide groups is 1. The molecule has 2 aliphatic heterocycles. The zero-order valence-electron chi connectivity index (χ0n) is 10.9. The standard InChI is InChI=1S/C11H14FN5O4/c1-6-15-7(19)2-3-17(6)10-8(12)9(20)11(5-18,21-10)4-14-16-13/h2-3,8-10,18,20H,1,4-5H2,(H,15,19)/t8-,9-,10+,11+/m0/s1. The van der Waals surface area contributed by atoms with E-state index < -0.39 is 43.2 Å². The molecule has 0 unspecified atom stereocenters. The third kappa shape index (κ3) is 2.57. The molecule has 114 valence electrons. The average Bonchev–Trinajstić information content (AvgIpc) is 2.71. The molecule has 2 rings (SSSR count). The molecular formula is C11H14FN5O4. The SMILES string of the molecule is C=C1NC(=O)C=CN1[C@@H]1O[C@@](CO)(CN=[N+]=[N-])[C@@H](O)[C@@H]1F. The molecule has 0 spiro atoms. The summed E-state index contributed by atoms with van der Waals surface area (Å²) in [6.45, 7) is 2.38. The quantitative estimate of drug-likeness (QED) is 0.366. The fraction of sp³-hybridized carbons (Fsp3) is 0.545.